The van der Waals surface area contributed by atoms with Gasteiger partial charge in [0.1, 0.15) is 11.5 Å². The molecule has 0 saturated carbocycles. The van der Waals surface area contributed by atoms with Crippen molar-refractivity contribution in [3.8, 4) is 11.5 Å². The van der Waals surface area contributed by atoms with E-state index < -0.39 is 5.09 Å². The molecule has 0 spiro atoms. The number of phenols is 2. The molecule has 0 aromatic heterocycles. The van der Waals surface area contributed by atoms with Crippen LogP contribution < -0.4 is 0 Å². The van der Waals surface area contributed by atoms with Crippen molar-refractivity contribution in [1.29, 1.82) is 0 Å². The number of aromatic hydroxyl groups is 2. The van der Waals surface area contributed by atoms with Gasteiger partial charge in [0.2, 0.25) is 0 Å². The first-order valence-electron chi connectivity index (χ1n) is 8.44. The Morgan fingerprint density at radius 3 is 2.60 bits per heavy atom. The van der Waals surface area contributed by atoms with Gasteiger partial charge in [-0.2, -0.15) is 0 Å². The van der Waals surface area contributed by atoms with Crippen molar-refractivity contribution in [2.45, 2.75) is 45.4 Å². The van der Waals surface area contributed by atoms with Crippen molar-refractivity contribution in [1.82, 2.24) is 0 Å². The van der Waals surface area contributed by atoms with Gasteiger partial charge in [-0.25, -0.2) is 0 Å². The quantitative estimate of drug-likeness (QED) is 0.333. The zero-order valence-electron chi connectivity index (χ0n) is 14.7. The Balaban J connectivity index is 2.22. The summed E-state index contributed by atoms with van der Waals surface area (Å²) in [5.41, 5.74) is 3.52. The van der Waals surface area contributed by atoms with E-state index in [1.807, 2.05) is 6.92 Å². The van der Waals surface area contributed by atoms with Crippen LogP contribution >= 0.6 is 0 Å². The molecule has 2 N–H and O–H groups in total. The molecule has 0 fully saturated rings. The molecule has 0 unspecified atom stereocenters. The van der Waals surface area contributed by atoms with Crippen LogP contribution in [0.2, 0.25) is 0 Å². The summed E-state index contributed by atoms with van der Waals surface area (Å²) >= 11 is 0. The lowest BCUT2D eigenvalue weighted by molar-refractivity contribution is -0.757. The highest BCUT2D eigenvalue weighted by Crippen LogP contribution is 2.46. The summed E-state index contributed by atoms with van der Waals surface area (Å²) in [6.07, 6.45) is 4.93. The topological polar surface area (TPSA) is 92.8 Å². The lowest BCUT2D eigenvalue weighted by Crippen LogP contribution is -2.17. The monoisotopic (exact) mass is 347 g/mol. The second-order valence-electron chi connectivity index (χ2n) is 6.74. The molecule has 6 nitrogen and oxygen atoms in total. The third-order valence-corrected chi connectivity index (χ3v) is 4.72. The molecule has 0 saturated heterocycles. The third-order valence-electron chi connectivity index (χ3n) is 4.72. The molecule has 0 heterocycles. The Bertz CT molecular complexity index is 672. The number of benzene rings is 1. The van der Waals surface area contributed by atoms with Gasteiger partial charge in [-0.3, -0.25) is 0 Å². The van der Waals surface area contributed by atoms with Gasteiger partial charge in [0.15, 0.2) is 0 Å². The fourth-order valence-corrected chi connectivity index (χ4v) is 3.49. The van der Waals surface area contributed by atoms with Gasteiger partial charge < -0.3 is 15.1 Å². The van der Waals surface area contributed by atoms with Gasteiger partial charge in [0.05, 0.1) is 6.61 Å². The molecule has 6 heteroatoms. The van der Waals surface area contributed by atoms with E-state index >= 15 is 0 Å². The van der Waals surface area contributed by atoms with Crippen LogP contribution in [0, 0.1) is 16.0 Å². The van der Waals surface area contributed by atoms with E-state index in [2.05, 4.69) is 24.4 Å². The van der Waals surface area contributed by atoms with E-state index in [1.54, 1.807) is 12.1 Å². The normalized spacial score (nSPS) is 20.0. The van der Waals surface area contributed by atoms with Gasteiger partial charge in [-0.15, -0.1) is 10.1 Å². The van der Waals surface area contributed by atoms with Crippen molar-refractivity contribution in [3.63, 3.8) is 0 Å². The van der Waals surface area contributed by atoms with Crippen molar-refractivity contribution in [3.05, 3.63) is 57.2 Å². The second kappa shape index (κ2) is 8.05. The number of allylic oxidation sites excluding steroid dienone is 3. The van der Waals surface area contributed by atoms with Crippen LogP contribution in [0.4, 0.5) is 0 Å². The minimum Gasteiger partial charge on any atom is -0.507 e. The van der Waals surface area contributed by atoms with E-state index in [1.165, 1.54) is 5.57 Å². The molecule has 1 aromatic rings. The SMILES string of the molecule is C=C(C)[C@H]1CCC(C)=C[C@@H]1c1c(O)cc(CCCO[N+](=O)[O-])cc1O. The highest BCUT2D eigenvalue weighted by atomic mass is 16.9. The first-order valence-corrected chi connectivity index (χ1v) is 8.44. The predicted octanol–water partition coefficient (Wildman–Crippen LogP) is 4.25. The molecule has 0 bridgehead atoms. The molecule has 0 amide bonds. The molecule has 2 rings (SSSR count). The molecule has 1 aliphatic carbocycles. The maximum atomic E-state index is 10.5. The molecule has 136 valence electrons. The number of aryl methyl sites for hydroxylation is 1. The summed E-state index contributed by atoms with van der Waals surface area (Å²) in [4.78, 5) is 14.4. The van der Waals surface area contributed by atoms with E-state index in [-0.39, 0.29) is 29.9 Å². The third kappa shape index (κ3) is 4.75. The Morgan fingerprint density at radius 1 is 1.40 bits per heavy atom. The first kappa shape index (κ1) is 18.8. The van der Waals surface area contributed by atoms with E-state index in [0.29, 0.717) is 24.0 Å². The van der Waals surface area contributed by atoms with Gasteiger partial charge in [0, 0.05) is 11.5 Å². The second-order valence-corrected chi connectivity index (χ2v) is 6.74. The molecule has 1 aromatic carbocycles. The molecule has 1 aliphatic rings. The Labute approximate surface area is 147 Å². The minimum absolute atomic E-state index is 0.0153. The van der Waals surface area contributed by atoms with Crippen LogP contribution in [0.25, 0.3) is 0 Å². The zero-order valence-corrected chi connectivity index (χ0v) is 14.7. The maximum absolute atomic E-state index is 10.5. The van der Waals surface area contributed by atoms with Crippen LogP contribution in [0.15, 0.2) is 35.9 Å². The van der Waals surface area contributed by atoms with Crippen LogP contribution in [-0.4, -0.2) is 21.9 Å². The van der Waals surface area contributed by atoms with Crippen LogP contribution in [0.5, 0.6) is 11.5 Å². The summed E-state index contributed by atoms with van der Waals surface area (Å²) in [6.45, 7) is 8.07. The van der Waals surface area contributed by atoms with Gasteiger partial charge in [-0.1, -0.05) is 23.8 Å². The first-order chi connectivity index (χ1) is 11.8. The van der Waals surface area contributed by atoms with Crippen molar-refractivity contribution < 1.29 is 20.1 Å². The van der Waals surface area contributed by atoms with E-state index in [9.17, 15) is 20.3 Å². The lowest BCUT2D eigenvalue weighted by Gasteiger charge is -2.31. The average molecular weight is 347 g/mol. The maximum Gasteiger partial charge on any atom is 0.294 e. The fourth-order valence-electron chi connectivity index (χ4n) is 3.49. The Hall–Kier alpha value is -2.50. The average Bonchev–Trinajstić information content (AvgIpc) is 2.50. The van der Waals surface area contributed by atoms with Gasteiger partial charge in [0.25, 0.3) is 5.09 Å². The van der Waals surface area contributed by atoms with Crippen LogP contribution in [-0.2, 0) is 11.3 Å². The Kier molecular flexibility index (Phi) is 6.07. The fraction of sp³-hybridized carbons (Fsp3) is 0.474. The molecular weight excluding hydrogens is 322 g/mol. The number of phenolic OH excluding ortho intramolecular Hbond substituents is 2. The van der Waals surface area contributed by atoms with Crippen molar-refractivity contribution in [2.75, 3.05) is 6.61 Å². The molecule has 0 radical (unpaired) electrons. The van der Waals surface area contributed by atoms with Crippen LogP contribution in [0.3, 0.4) is 0 Å². The van der Waals surface area contributed by atoms with Crippen LogP contribution in [0.1, 0.15) is 50.2 Å². The highest BCUT2D eigenvalue weighted by molar-refractivity contribution is 5.51. The van der Waals surface area contributed by atoms with Gasteiger partial charge >= 0.3 is 0 Å². The molecule has 2 atom stereocenters. The Morgan fingerprint density at radius 2 is 2.04 bits per heavy atom. The molecule has 25 heavy (non-hydrogen) atoms. The van der Waals surface area contributed by atoms with Gasteiger partial charge in [-0.05, 0) is 63.1 Å². The zero-order chi connectivity index (χ0) is 18.6. The number of rotatable bonds is 7. The van der Waals surface area contributed by atoms with E-state index in [0.717, 1.165) is 18.4 Å². The standard InChI is InChI=1S/C19H25NO5/c1-12(2)15-7-6-13(3)9-16(15)19-17(21)10-14(11-18(19)22)5-4-8-25-20(23)24/h9-11,15-16,21-22H,1,4-8H2,2-3H3/t15-,16+/m1/s1. The highest BCUT2D eigenvalue weighted by Gasteiger charge is 2.30. The summed E-state index contributed by atoms with van der Waals surface area (Å²) in [5, 5.41) is 30.3. The number of hydrogen-bond donors (Lipinski definition) is 2. The van der Waals surface area contributed by atoms with Crippen molar-refractivity contribution in [2.24, 2.45) is 5.92 Å². The molecular formula is C19H25NO5. The molecule has 0 aliphatic heterocycles. The number of hydrogen-bond acceptors (Lipinski definition) is 5. The van der Waals surface area contributed by atoms with Crippen molar-refractivity contribution >= 4 is 0 Å². The minimum atomic E-state index is -0.826. The summed E-state index contributed by atoms with van der Waals surface area (Å²) in [5.74, 6) is 0.178. The predicted molar refractivity (Wildman–Crippen MR) is 95.1 cm³/mol. The lowest BCUT2D eigenvalue weighted by atomic mass is 9.73. The van der Waals surface area contributed by atoms with E-state index in [4.69, 9.17) is 0 Å². The summed E-state index contributed by atoms with van der Waals surface area (Å²) in [7, 11) is 0. The smallest absolute Gasteiger partial charge is 0.294 e. The largest absolute Gasteiger partial charge is 0.507 e. The summed E-state index contributed by atoms with van der Waals surface area (Å²) in [6, 6.07) is 3.24. The number of nitrogens with zero attached hydrogens (tertiary/aromatic N) is 1. The summed E-state index contributed by atoms with van der Waals surface area (Å²) < 4.78 is 0.